The summed E-state index contributed by atoms with van der Waals surface area (Å²) >= 11 is 1.52. The lowest BCUT2D eigenvalue weighted by Gasteiger charge is -1.99. The maximum Gasteiger partial charge on any atom is 0.336 e. The molecule has 1 aromatic heterocycles. The van der Waals surface area contributed by atoms with Crippen molar-refractivity contribution in [1.82, 2.24) is 15.2 Å². The number of nitrogens with zero attached hydrogens (tertiary/aromatic N) is 3. The second-order valence-electron chi connectivity index (χ2n) is 1.71. The molecule has 4 nitrogen and oxygen atoms in total. The molecule has 0 aliphatic heterocycles. The lowest BCUT2D eigenvalue weighted by atomic mass is 10.8. The number of thioether (sulfide) groups is 1. The molecule has 0 aliphatic carbocycles. The fourth-order valence-corrected chi connectivity index (χ4v) is 0.884. The van der Waals surface area contributed by atoms with Gasteiger partial charge in [-0.25, -0.2) is 0 Å². The van der Waals surface area contributed by atoms with E-state index in [1.54, 1.807) is 6.20 Å². The van der Waals surface area contributed by atoms with Gasteiger partial charge in [-0.2, -0.15) is 10.1 Å². The molecule has 0 saturated carbocycles. The molecule has 0 saturated heterocycles. The van der Waals surface area contributed by atoms with E-state index in [4.69, 9.17) is 4.74 Å². The fraction of sp³-hybridized carbons (Fsp3) is 0.500. The number of hydrogen-bond acceptors (Lipinski definition) is 5. The average molecular weight is 171 g/mol. The number of ether oxygens (including phenoxy) is 1. The topological polar surface area (TPSA) is 47.9 Å². The van der Waals surface area contributed by atoms with Gasteiger partial charge in [0.1, 0.15) is 5.03 Å². The van der Waals surface area contributed by atoms with Crippen LogP contribution in [0.4, 0.5) is 0 Å². The Morgan fingerprint density at radius 1 is 1.64 bits per heavy atom. The quantitative estimate of drug-likeness (QED) is 0.635. The highest BCUT2D eigenvalue weighted by molar-refractivity contribution is 7.98. The first-order chi connectivity index (χ1) is 5.36. The van der Waals surface area contributed by atoms with Gasteiger partial charge in [0.2, 0.25) is 0 Å². The van der Waals surface area contributed by atoms with Gasteiger partial charge in [-0.3, -0.25) is 0 Å². The van der Waals surface area contributed by atoms with Crippen LogP contribution in [0.2, 0.25) is 0 Å². The van der Waals surface area contributed by atoms with Crippen molar-refractivity contribution in [3.63, 3.8) is 0 Å². The molecule has 60 valence electrons. The zero-order chi connectivity index (χ0) is 8.10. The molecule has 1 aromatic rings. The van der Waals surface area contributed by atoms with Crippen LogP contribution >= 0.6 is 11.8 Å². The fourth-order valence-electron chi connectivity index (χ4n) is 0.562. The first kappa shape index (κ1) is 8.26. The minimum atomic E-state index is 0.347. The van der Waals surface area contributed by atoms with E-state index in [9.17, 15) is 0 Å². The smallest absolute Gasteiger partial charge is 0.336 e. The van der Waals surface area contributed by atoms with Crippen LogP contribution in [0, 0.1) is 0 Å². The Morgan fingerprint density at radius 2 is 2.45 bits per heavy atom. The van der Waals surface area contributed by atoms with Gasteiger partial charge in [-0.15, -0.1) is 11.8 Å². The van der Waals surface area contributed by atoms with Crippen LogP contribution < -0.4 is 4.74 Å². The van der Waals surface area contributed by atoms with Gasteiger partial charge in [0.05, 0.1) is 12.8 Å². The van der Waals surface area contributed by atoms with E-state index in [1.165, 1.54) is 11.8 Å². The Bertz CT molecular complexity index is 231. The molecular weight excluding hydrogens is 162 g/mol. The molecule has 1 rings (SSSR count). The molecule has 0 bridgehead atoms. The van der Waals surface area contributed by atoms with E-state index < -0.39 is 0 Å². The second kappa shape index (κ2) is 4.12. The Labute approximate surface area is 69.4 Å². The monoisotopic (exact) mass is 171 g/mol. The van der Waals surface area contributed by atoms with E-state index in [1.807, 2.05) is 13.2 Å². The standard InChI is InChI=1S/C6H9N3OS/c1-3-10-6-8-5(11-2)4-7-9-6/h4H,3H2,1-2H3. The summed E-state index contributed by atoms with van der Waals surface area (Å²) in [5.74, 6) is 0. The van der Waals surface area contributed by atoms with Gasteiger partial charge >= 0.3 is 6.01 Å². The first-order valence-electron chi connectivity index (χ1n) is 3.23. The zero-order valence-electron chi connectivity index (χ0n) is 6.44. The maximum absolute atomic E-state index is 5.05. The molecule has 0 amide bonds. The SMILES string of the molecule is CCOc1nncc(SC)n1. The zero-order valence-corrected chi connectivity index (χ0v) is 7.26. The highest BCUT2D eigenvalue weighted by Crippen LogP contribution is 2.10. The number of aromatic nitrogens is 3. The van der Waals surface area contributed by atoms with Crippen molar-refractivity contribution in [2.45, 2.75) is 11.9 Å². The van der Waals surface area contributed by atoms with Gasteiger partial charge in [0, 0.05) is 0 Å². The van der Waals surface area contributed by atoms with Crippen molar-refractivity contribution in [3.05, 3.63) is 6.20 Å². The number of hydrogen-bond donors (Lipinski definition) is 0. The van der Waals surface area contributed by atoms with Crippen LogP contribution in [0.25, 0.3) is 0 Å². The molecule has 0 fully saturated rings. The summed E-state index contributed by atoms with van der Waals surface area (Å²) < 4.78 is 5.05. The molecular formula is C6H9N3OS. The van der Waals surface area contributed by atoms with E-state index >= 15 is 0 Å². The molecule has 5 heteroatoms. The summed E-state index contributed by atoms with van der Waals surface area (Å²) in [6.45, 7) is 2.45. The molecule has 0 atom stereocenters. The van der Waals surface area contributed by atoms with Crippen LogP contribution in [0.15, 0.2) is 11.2 Å². The van der Waals surface area contributed by atoms with Crippen molar-refractivity contribution in [3.8, 4) is 6.01 Å². The Hall–Kier alpha value is -0.840. The molecule has 0 unspecified atom stereocenters. The minimum absolute atomic E-state index is 0.347. The second-order valence-corrected chi connectivity index (χ2v) is 2.54. The highest BCUT2D eigenvalue weighted by Gasteiger charge is 1.97. The first-order valence-corrected chi connectivity index (χ1v) is 4.45. The Morgan fingerprint density at radius 3 is 3.09 bits per heavy atom. The van der Waals surface area contributed by atoms with Crippen LogP contribution in [-0.4, -0.2) is 28.0 Å². The molecule has 0 N–H and O–H groups in total. The third kappa shape index (κ3) is 2.34. The predicted octanol–water partition coefficient (Wildman–Crippen LogP) is 0.992. The lowest BCUT2D eigenvalue weighted by molar-refractivity contribution is 0.304. The summed E-state index contributed by atoms with van der Waals surface area (Å²) in [7, 11) is 0. The van der Waals surface area contributed by atoms with Crippen LogP contribution in [0.1, 0.15) is 6.92 Å². The van der Waals surface area contributed by atoms with Crippen LogP contribution in [0.5, 0.6) is 6.01 Å². The van der Waals surface area contributed by atoms with Gasteiger partial charge < -0.3 is 4.74 Å². The summed E-state index contributed by atoms with van der Waals surface area (Å²) in [6, 6.07) is 0.347. The van der Waals surface area contributed by atoms with Crippen LogP contribution in [0.3, 0.4) is 0 Å². The van der Waals surface area contributed by atoms with E-state index in [0.29, 0.717) is 12.6 Å². The lowest BCUT2D eigenvalue weighted by Crippen LogP contribution is -1.99. The highest BCUT2D eigenvalue weighted by atomic mass is 32.2. The molecule has 11 heavy (non-hydrogen) atoms. The van der Waals surface area contributed by atoms with Crippen LogP contribution in [-0.2, 0) is 0 Å². The maximum atomic E-state index is 5.05. The van der Waals surface area contributed by atoms with Gasteiger partial charge in [0.25, 0.3) is 0 Å². The normalized spacial score (nSPS) is 9.64. The largest absolute Gasteiger partial charge is 0.463 e. The van der Waals surface area contributed by atoms with E-state index in [-0.39, 0.29) is 0 Å². The third-order valence-corrected chi connectivity index (χ3v) is 1.61. The van der Waals surface area contributed by atoms with Gasteiger partial charge in [-0.1, -0.05) is 5.10 Å². The van der Waals surface area contributed by atoms with E-state index in [0.717, 1.165) is 5.03 Å². The van der Waals surface area contributed by atoms with Crippen molar-refractivity contribution in [2.75, 3.05) is 12.9 Å². The Balaban J connectivity index is 2.74. The molecule has 0 radical (unpaired) electrons. The predicted molar refractivity (Wildman–Crippen MR) is 42.8 cm³/mol. The number of rotatable bonds is 3. The van der Waals surface area contributed by atoms with Crippen molar-refractivity contribution >= 4 is 11.8 Å². The van der Waals surface area contributed by atoms with Gasteiger partial charge in [0.15, 0.2) is 0 Å². The summed E-state index contributed by atoms with van der Waals surface area (Å²) in [5, 5.41) is 8.22. The molecule has 1 heterocycles. The molecule has 0 aliphatic rings. The summed E-state index contributed by atoms with van der Waals surface area (Å²) in [6.07, 6.45) is 3.53. The molecule has 0 spiro atoms. The minimum Gasteiger partial charge on any atom is -0.463 e. The molecule has 0 aromatic carbocycles. The summed E-state index contributed by atoms with van der Waals surface area (Å²) in [4.78, 5) is 4.05. The average Bonchev–Trinajstić information content (AvgIpc) is 2.06. The van der Waals surface area contributed by atoms with Crippen molar-refractivity contribution < 1.29 is 4.74 Å². The van der Waals surface area contributed by atoms with Crippen molar-refractivity contribution in [1.29, 1.82) is 0 Å². The Kier molecular flexibility index (Phi) is 3.10. The summed E-state index contributed by atoms with van der Waals surface area (Å²) in [5.41, 5.74) is 0. The van der Waals surface area contributed by atoms with E-state index in [2.05, 4.69) is 15.2 Å². The third-order valence-electron chi connectivity index (χ3n) is 1.000. The van der Waals surface area contributed by atoms with Crippen molar-refractivity contribution in [2.24, 2.45) is 0 Å². The van der Waals surface area contributed by atoms with Gasteiger partial charge in [-0.05, 0) is 13.2 Å².